The van der Waals surface area contributed by atoms with Gasteiger partial charge in [0.15, 0.2) is 0 Å². The number of nitrogens with zero attached hydrogens (tertiary/aromatic N) is 4. The van der Waals surface area contributed by atoms with Crippen LogP contribution in [-0.2, 0) is 22.6 Å². The maximum absolute atomic E-state index is 13.0. The standard InChI is InChI=1S/C19H19BrN6O4/c20-7-9-25-10-11(23-24-25)6-8-21-13-3-1-2-12-16(13)19(30)26(18(12)29)14-4-5-15(27)22-17(14)28/h1-3,10,14,21H,4-9H2,(H,22,27,28). The second kappa shape index (κ2) is 8.34. The van der Waals surface area contributed by atoms with Gasteiger partial charge in [0, 0.05) is 36.6 Å². The molecule has 2 N–H and O–H groups in total. The highest BCUT2D eigenvalue weighted by Crippen LogP contribution is 2.32. The van der Waals surface area contributed by atoms with Crippen molar-refractivity contribution in [2.75, 3.05) is 17.2 Å². The van der Waals surface area contributed by atoms with Crippen LogP contribution >= 0.6 is 15.9 Å². The molecule has 1 fully saturated rings. The molecule has 1 saturated heterocycles. The maximum atomic E-state index is 13.0. The lowest BCUT2D eigenvalue weighted by Crippen LogP contribution is -2.54. The van der Waals surface area contributed by atoms with Crippen molar-refractivity contribution < 1.29 is 19.2 Å². The number of piperidine rings is 1. The molecular formula is C19H19BrN6O4. The number of hydrogen-bond donors (Lipinski definition) is 2. The molecule has 156 valence electrons. The number of carbonyl (C=O) groups is 4. The maximum Gasteiger partial charge on any atom is 0.264 e. The van der Waals surface area contributed by atoms with E-state index in [-0.39, 0.29) is 24.0 Å². The zero-order valence-electron chi connectivity index (χ0n) is 15.9. The molecule has 1 aromatic carbocycles. The van der Waals surface area contributed by atoms with E-state index in [1.54, 1.807) is 22.9 Å². The topological polar surface area (TPSA) is 126 Å². The lowest BCUT2D eigenvalue weighted by molar-refractivity contribution is -0.136. The first-order chi connectivity index (χ1) is 14.5. The summed E-state index contributed by atoms with van der Waals surface area (Å²) in [6, 6.07) is 4.00. The van der Waals surface area contributed by atoms with Crippen LogP contribution in [0, 0.1) is 0 Å². The average molecular weight is 475 g/mol. The molecule has 1 aromatic heterocycles. The van der Waals surface area contributed by atoms with Crippen LogP contribution in [0.1, 0.15) is 39.3 Å². The summed E-state index contributed by atoms with van der Waals surface area (Å²) in [5.74, 6) is -2.08. The average Bonchev–Trinajstić information content (AvgIpc) is 3.26. The third-order valence-electron chi connectivity index (χ3n) is 5.06. The van der Waals surface area contributed by atoms with E-state index in [1.807, 2.05) is 6.20 Å². The fourth-order valence-electron chi connectivity index (χ4n) is 3.64. The van der Waals surface area contributed by atoms with Crippen LogP contribution in [-0.4, -0.2) is 61.4 Å². The number of carbonyl (C=O) groups excluding carboxylic acids is 4. The first-order valence-electron chi connectivity index (χ1n) is 9.53. The fraction of sp³-hybridized carbons (Fsp3) is 0.368. The summed E-state index contributed by atoms with van der Waals surface area (Å²) >= 11 is 3.35. The van der Waals surface area contributed by atoms with Crippen LogP contribution in [0.4, 0.5) is 5.69 Å². The third-order valence-corrected chi connectivity index (χ3v) is 5.42. The van der Waals surface area contributed by atoms with Gasteiger partial charge in [-0.05, 0) is 18.6 Å². The molecule has 4 amide bonds. The number of alkyl halides is 1. The Bertz CT molecular complexity index is 1040. The number of aryl methyl sites for hydroxylation is 1. The molecule has 0 spiro atoms. The lowest BCUT2D eigenvalue weighted by atomic mass is 10.0. The number of nitrogens with one attached hydrogen (secondary N) is 2. The van der Waals surface area contributed by atoms with Gasteiger partial charge >= 0.3 is 0 Å². The van der Waals surface area contributed by atoms with Crippen LogP contribution in [0.25, 0.3) is 0 Å². The summed E-state index contributed by atoms with van der Waals surface area (Å²) in [6.07, 6.45) is 2.66. The number of hydrogen-bond acceptors (Lipinski definition) is 7. The van der Waals surface area contributed by atoms with Gasteiger partial charge < -0.3 is 5.32 Å². The van der Waals surface area contributed by atoms with Crippen molar-refractivity contribution in [3.63, 3.8) is 0 Å². The predicted molar refractivity (Wildman–Crippen MR) is 109 cm³/mol. The number of aromatic nitrogens is 3. The van der Waals surface area contributed by atoms with Crippen molar-refractivity contribution in [1.82, 2.24) is 25.2 Å². The molecule has 1 unspecified atom stereocenters. The van der Waals surface area contributed by atoms with Crippen LogP contribution in [0.15, 0.2) is 24.4 Å². The molecule has 0 radical (unpaired) electrons. The van der Waals surface area contributed by atoms with Gasteiger partial charge in [-0.2, -0.15) is 0 Å². The molecule has 30 heavy (non-hydrogen) atoms. The van der Waals surface area contributed by atoms with E-state index in [2.05, 4.69) is 36.9 Å². The largest absolute Gasteiger partial charge is 0.384 e. The number of halogens is 1. The highest BCUT2D eigenvalue weighted by molar-refractivity contribution is 9.09. The molecule has 0 bridgehead atoms. The van der Waals surface area contributed by atoms with Gasteiger partial charge in [0.05, 0.1) is 23.4 Å². The zero-order valence-corrected chi connectivity index (χ0v) is 17.5. The molecule has 4 rings (SSSR count). The van der Waals surface area contributed by atoms with Gasteiger partial charge in [-0.25, -0.2) is 0 Å². The minimum Gasteiger partial charge on any atom is -0.384 e. The van der Waals surface area contributed by atoms with E-state index in [0.717, 1.165) is 22.5 Å². The van der Waals surface area contributed by atoms with Gasteiger partial charge in [0.2, 0.25) is 11.8 Å². The Morgan fingerprint density at radius 1 is 1.20 bits per heavy atom. The smallest absolute Gasteiger partial charge is 0.264 e. The first kappa shape index (κ1) is 20.2. The first-order valence-corrected chi connectivity index (χ1v) is 10.6. The number of rotatable bonds is 7. The Morgan fingerprint density at radius 3 is 2.80 bits per heavy atom. The Hall–Kier alpha value is -3.08. The summed E-state index contributed by atoms with van der Waals surface area (Å²) in [7, 11) is 0. The van der Waals surface area contributed by atoms with E-state index in [1.165, 1.54) is 0 Å². The van der Waals surface area contributed by atoms with E-state index in [9.17, 15) is 19.2 Å². The van der Waals surface area contributed by atoms with Crippen LogP contribution < -0.4 is 10.6 Å². The summed E-state index contributed by atoms with van der Waals surface area (Å²) in [5.41, 5.74) is 1.82. The predicted octanol–water partition coefficient (Wildman–Crippen LogP) is 0.729. The highest BCUT2D eigenvalue weighted by atomic mass is 79.9. The number of fused-ring (bicyclic) bond motifs is 1. The van der Waals surface area contributed by atoms with E-state index in [4.69, 9.17) is 0 Å². The minimum absolute atomic E-state index is 0.0880. The van der Waals surface area contributed by atoms with Gasteiger partial charge in [-0.3, -0.25) is 34.1 Å². The fourth-order valence-corrected chi connectivity index (χ4v) is 4.00. The molecule has 2 aliphatic heterocycles. The molecular weight excluding hydrogens is 456 g/mol. The van der Waals surface area contributed by atoms with Crippen molar-refractivity contribution in [3.8, 4) is 0 Å². The number of anilines is 1. The molecule has 1 atom stereocenters. The molecule has 2 aromatic rings. The summed E-state index contributed by atoms with van der Waals surface area (Å²) in [6.45, 7) is 1.21. The van der Waals surface area contributed by atoms with Crippen molar-refractivity contribution in [1.29, 1.82) is 0 Å². The van der Waals surface area contributed by atoms with Crippen molar-refractivity contribution in [2.24, 2.45) is 0 Å². The summed E-state index contributed by atoms with van der Waals surface area (Å²) < 4.78 is 1.74. The van der Waals surface area contributed by atoms with Crippen LogP contribution in [0.3, 0.4) is 0 Å². The van der Waals surface area contributed by atoms with E-state index in [0.29, 0.717) is 18.7 Å². The monoisotopic (exact) mass is 474 g/mol. The van der Waals surface area contributed by atoms with Crippen molar-refractivity contribution in [3.05, 3.63) is 41.2 Å². The second-order valence-corrected chi connectivity index (χ2v) is 7.81. The molecule has 2 aliphatic rings. The number of amides is 4. The third kappa shape index (κ3) is 3.72. The summed E-state index contributed by atoms with van der Waals surface area (Å²) in [4.78, 5) is 50.4. The lowest BCUT2D eigenvalue weighted by Gasteiger charge is -2.27. The van der Waals surface area contributed by atoms with Gasteiger partial charge in [-0.1, -0.05) is 27.2 Å². The quantitative estimate of drug-likeness (QED) is 0.447. The molecule has 3 heterocycles. The van der Waals surface area contributed by atoms with Gasteiger partial charge in [0.1, 0.15) is 6.04 Å². The minimum atomic E-state index is -0.979. The summed E-state index contributed by atoms with van der Waals surface area (Å²) in [5, 5.41) is 14.3. The van der Waals surface area contributed by atoms with Crippen LogP contribution in [0.5, 0.6) is 0 Å². The molecule has 0 saturated carbocycles. The Labute approximate surface area is 180 Å². The normalized spacial score (nSPS) is 18.6. The molecule has 10 nitrogen and oxygen atoms in total. The Morgan fingerprint density at radius 2 is 2.03 bits per heavy atom. The Kier molecular flexibility index (Phi) is 5.62. The number of benzene rings is 1. The SMILES string of the molecule is O=C1CCC(N2C(=O)c3cccc(NCCc4cn(CCBr)nn4)c3C2=O)C(=O)N1. The van der Waals surface area contributed by atoms with Crippen molar-refractivity contribution >= 4 is 45.2 Å². The van der Waals surface area contributed by atoms with Crippen LogP contribution in [0.2, 0.25) is 0 Å². The zero-order chi connectivity index (χ0) is 21.3. The van der Waals surface area contributed by atoms with E-state index < -0.39 is 29.7 Å². The molecule has 11 heteroatoms. The second-order valence-electron chi connectivity index (χ2n) is 7.01. The number of imide groups is 2. The van der Waals surface area contributed by atoms with E-state index >= 15 is 0 Å². The molecule has 0 aliphatic carbocycles. The van der Waals surface area contributed by atoms with Gasteiger partial charge in [-0.15, -0.1) is 5.10 Å². The van der Waals surface area contributed by atoms with Crippen molar-refractivity contribution in [2.45, 2.75) is 31.8 Å². The Balaban J connectivity index is 1.48. The highest BCUT2D eigenvalue weighted by Gasteiger charge is 2.45. The van der Waals surface area contributed by atoms with Gasteiger partial charge in [0.25, 0.3) is 11.8 Å².